The molecule has 0 aromatic heterocycles. The van der Waals surface area contributed by atoms with E-state index in [1.54, 1.807) is 24.3 Å². The van der Waals surface area contributed by atoms with Crippen LogP contribution < -0.4 is 5.32 Å². The second-order valence-electron chi connectivity index (χ2n) is 7.12. The normalized spacial score (nSPS) is 20.5. The topological polar surface area (TPSA) is 66.5 Å². The predicted octanol–water partition coefficient (Wildman–Crippen LogP) is 2.82. The minimum Gasteiger partial charge on any atom is -0.349 e. The summed E-state index contributed by atoms with van der Waals surface area (Å²) in [5, 5.41) is 3.36. The number of carbonyl (C=O) groups is 3. The summed E-state index contributed by atoms with van der Waals surface area (Å²) in [5.41, 5.74) is -1.59. The van der Waals surface area contributed by atoms with Gasteiger partial charge in [0.2, 0.25) is 5.91 Å². The van der Waals surface area contributed by atoms with Gasteiger partial charge in [-0.2, -0.15) is 0 Å². The van der Waals surface area contributed by atoms with E-state index in [9.17, 15) is 14.4 Å². The monoisotopic (exact) mass is 350 g/mol. The molecule has 1 heterocycles. The van der Waals surface area contributed by atoms with Crippen LogP contribution in [0, 0.1) is 0 Å². The maximum Gasteiger partial charge on any atom is 0.255 e. The van der Waals surface area contributed by atoms with E-state index in [4.69, 9.17) is 11.6 Å². The van der Waals surface area contributed by atoms with Crippen LogP contribution in [0.1, 0.15) is 50.9 Å². The molecule has 0 bridgehead atoms. The number of benzene rings is 1. The van der Waals surface area contributed by atoms with Gasteiger partial charge in [-0.05, 0) is 51.5 Å². The molecule has 1 aliphatic rings. The standard InChI is InChI=1S/C18H23ClN2O3/c1-5-10-21-14(22)11-18(21,16(24)20-17(2,3)4)15(23)12-6-8-13(19)9-7-12/h6-9H,5,10-11H2,1-4H3,(H,20,24). The number of carbonyl (C=O) groups excluding carboxylic acids is 3. The third-order valence-electron chi connectivity index (χ3n) is 3.96. The average molecular weight is 351 g/mol. The molecule has 2 amide bonds. The van der Waals surface area contributed by atoms with Crippen LogP contribution in [0.25, 0.3) is 0 Å². The smallest absolute Gasteiger partial charge is 0.255 e. The molecule has 6 heteroatoms. The van der Waals surface area contributed by atoms with Gasteiger partial charge in [-0.3, -0.25) is 14.4 Å². The van der Waals surface area contributed by atoms with Crippen molar-refractivity contribution in [3.8, 4) is 0 Å². The Labute approximate surface area is 147 Å². The lowest BCUT2D eigenvalue weighted by atomic mass is 9.75. The number of Topliss-reactive ketones (excluding diaryl/α,β-unsaturated/α-hetero) is 1. The first-order valence-corrected chi connectivity index (χ1v) is 8.43. The van der Waals surface area contributed by atoms with Crippen molar-refractivity contribution in [3.63, 3.8) is 0 Å². The SMILES string of the molecule is CCCN1C(=O)CC1(C(=O)NC(C)(C)C)C(=O)c1ccc(Cl)cc1. The zero-order chi connectivity index (χ0) is 18.1. The third kappa shape index (κ3) is 3.31. The number of ketones is 1. The number of halogens is 1. The van der Waals surface area contributed by atoms with Crippen LogP contribution >= 0.6 is 11.6 Å². The van der Waals surface area contributed by atoms with Crippen molar-refractivity contribution < 1.29 is 14.4 Å². The average Bonchev–Trinajstić information content (AvgIpc) is 2.48. The number of nitrogens with one attached hydrogen (secondary N) is 1. The molecule has 0 aliphatic carbocycles. The first-order valence-electron chi connectivity index (χ1n) is 8.05. The molecular weight excluding hydrogens is 328 g/mol. The van der Waals surface area contributed by atoms with Crippen LogP contribution in [0.5, 0.6) is 0 Å². The predicted molar refractivity (Wildman–Crippen MR) is 93.0 cm³/mol. The largest absolute Gasteiger partial charge is 0.349 e. The van der Waals surface area contributed by atoms with Gasteiger partial charge in [-0.1, -0.05) is 18.5 Å². The second-order valence-corrected chi connectivity index (χ2v) is 7.56. The second kappa shape index (κ2) is 6.55. The number of β-lactam (4-membered cyclic amide) rings is 1. The molecule has 1 fully saturated rings. The highest BCUT2D eigenvalue weighted by atomic mass is 35.5. The minimum atomic E-state index is -1.46. The molecule has 1 aromatic rings. The molecule has 5 nitrogen and oxygen atoms in total. The summed E-state index contributed by atoms with van der Waals surface area (Å²) in [6.45, 7) is 7.81. The van der Waals surface area contributed by atoms with Crippen molar-refractivity contribution in [1.82, 2.24) is 10.2 Å². The Balaban J connectivity index is 2.43. The van der Waals surface area contributed by atoms with Crippen LogP contribution in [0.2, 0.25) is 5.02 Å². The first-order chi connectivity index (χ1) is 11.1. The van der Waals surface area contributed by atoms with E-state index in [0.29, 0.717) is 23.6 Å². The highest BCUT2D eigenvalue weighted by molar-refractivity contribution is 6.31. The van der Waals surface area contributed by atoms with E-state index in [2.05, 4.69) is 5.32 Å². The highest BCUT2D eigenvalue weighted by Crippen LogP contribution is 2.36. The first kappa shape index (κ1) is 18.5. The van der Waals surface area contributed by atoms with E-state index in [0.717, 1.165) is 0 Å². The summed E-state index contributed by atoms with van der Waals surface area (Å²) in [4.78, 5) is 39.5. The van der Waals surface area contributed by atoms with Gasteiger partial charge in [0.15, 0.2) is 11.3 Å². The molecule has 2 rings (SSSR count). The zero-order valence-electron chi connectivity index (χ0n) is 14.5. The van der Waals surface area contributed by atoms with Crippen LogP contribution in [0.3, 0.4) is 0 Å². The highest BCUT2D eigenvalue weighted by Gasteiger charge is 2.61. The molecule has 1 aromatic carbocycles. The Bertz CT molecular complexity index is 664. The fraction of sp³-hybridized carbons (Fsp3) is 0.500. The Morgan fingerprint density at radius 3 is 2.29 bits per heavy atom. The number of hydrogen-bond donors (Lipinski definition) is 1. The Hall–Kier alpha value is -1.88. The van der Waals surface area contributed by atoms with E-state index < -0.39 is 17.0 Å². The molecule has 130 valence electrons. The number of hydrogen-bond acceptors (Lipinski definition) is 3. The van der Waals surface area contributed by atoms with E-state index in [1.165, 1.54) is 4.90 Å². The van der Waals surface area contributed by atoms with Gasteiger partial charge in [-0.15, -0.1) is 0 Å². The van der Waals surface area contributed by atoms with Crippen molar-refractivity contribution >= 4 is 29.2 Å². The maximum absolute atomic E-state index is 13.1. The molecule has 0 radical (unpaired) electrons. The molecule has 1 saturated heterocycles. The quantitative estimate of drug-likeness (QED) is 0.504. The van der Waals surface area contributed by atoms with Crippen molar-refractivity contribution in [2.45, 2.75) is 51.6 Å². The fourth-order valence-electron chi connectivity index (χ4n) is 2.86. The number of nitrogens with zero attached hydrogens (tertiary/aromatic N) is 1. The van der Waals surface area contributed by atoms with Crippen molar-refractivity contribution in [3.05, 3.63) is 34.9 Å². The molecule has 0 saturated carbocycles. The van der Waals surface area contributed by atoms with Crippen molar-refractivity contribution in [2.75, 3.05) is 6.54 Å². The zero-order valence-corrected chi connectivity index (χ0v) is 15.2. The number of amides is 2. The molecule has 0 spiro atoms. The summed E-state index contributed by atoms with van der Waals surface area (Å²) < 4.78 is 0. The van der Waals surface area contributed by atoms with E-state index in [1.807, 2.05) is 27.7 Å². The lowest BCUT2D eigenvalue weighted by Crippen LogP contribution is -2.75. The summed E-state index contributed by atoms with van der Waals surface area (Å²) in [7, 11) is 0. The van der Waals surface area contributed by atoms with E-state index in [-0.39, 0.29) is 18.1 Å². The Morgan fingerprint density at radius 1 is 1.25 bits per heavy atom. The lowest BCUT2D eigenvalue weighted by molar-refractivity contribution is -0.161. The maximum atomic E-state index is 13.1. The molecule has 24 heavy (non-hydrogen) atoms. The van der Waals surface area contributed by atoms with Gasteiger partial charge in [0.25, 0.3) is 5.91 Å². The van der Waals surface area contributed by atoms with Crippen LogP contribution in [-0.4, -0.2) is 40.1 Å². The molecular formula is C18H23ClN2O3. The van der Waals surface area contributed by atoms with Gasteiger partial charge in [0, 0.05) is 22.7 Å². The fourth-order valence-corrected chi connectivity index (χ4v) is 2.99. The van der Waals surface area contributed by atoms with Crippen molar-refractivity contribution in [2.24, 2.45) is 0 Å². The summed E-state index contributed by atoms with van der Waals surface area (Å²) in [5.74, 6) is -0.972. The van der Waals surface area contributed by atoms with Gasteiger partial charge < -0.3 is 10.2 Å². The Kier molecular flexibility index (Phi) is 5.04. The molecule has 1 unspecified atom stereocenters. The summed E-state index contributed by atoms with van der Waals surface area (Å²) in [6, 6.07) is 6.39. The molecule has 1 atom stereocenters. The summed E-state index contributed by atoms with van der Waals surface area (Å²) >= 11 is 5.87. The van der Waals surface area contributed by atoms with Gasteiger partial charge in [0.05, 0.1) is 6.42 Å². The van der Waals surface area contributed by atoms with Crippen molar-refractivity contribution in [1.29, 1.82) is 0 Å². The Morgan fingerprint density at radius 2 is 1.83 bits per heavy atom. The van der Waals surface area contributed by atoms with Crippen LogP contribution in [0.15, 0.2) is 24.3 Å². The van der Waals surface area contributed by atoms with Gasteiger partial charge in [-0.25, -0.2) is 0 Å². The van der Waals surface area contributed by atoms with Crippen LogP contribution in [0.4, 0.5) is 0 Å². The third-order valence-corrected chi connectivity index (χ3v) is 4.21. The minimum absolute atomic E-state index is 0.101. The van der Waals surface area contributed by atoms with E-state index >= 15 is 0 Å². The molecule has 1 N–H and O–H groups in total. The summed E-state index contributed by atoms with van der Waals surface area (Å²) in [6.07, 6.45) is 0.570. The van der Waals surface area contributed by atoms with Crippen LogP contribution in [-0.2, 0) is 9.59 Å². The lowest BCUT2D eigenvalue weighted by Gasteiger charge is -2.50. The number of rotatable bonds is 5. The molecule has 1 aliphatic heterocycles. The number of likely N-dealkylation sites (tertiary alicyclic amines) is 1. The van der Waals surface area contributed by atoms with Gasteiger partial charge in [0.1, 0.15) is 0 Å². The van der Waals surface area contributed by atoms with Gasteiger partial charge >= 0.3 is 0 Å².